The van der Waals surface area contributed by atoms with Crippen molar-refractivity contribution in [1.29, 1.82) is 0 Å². The summed E-state index contributed by atoms with van der Waals surface area (Å²) in [7, 11) is 1.75. The van der Waals surface area contributed by atoms with E-state index in [0.29, 0.717) is 11.5 Å². The highest BCUT2D eigenvalue weighted by molar-refractivity contribution is 5.67. The second-order valence-electron chi connectivity index (χ2n) is 1.86. The molecule has 0 unspecified atom stereocenters. The van der Waals surface area contributed by atoms with E-state index in [-0.39, 0.29) is 0 Å². The lowest BCUT2D eigenvalue weighted by Gasteiger charge is -1.90. The van der Waals surface area contributed by atoms with Crippen LogP contribution in [0.4, 0.5) is 11.5 Å². The number of hydrogen-bond donors (Lipinski definition) is 0. The molecular weight excluding hydrogens is 126 g/mol. The molecule has 0 bridgehead atoms. The quantitative estimate of drug-likeness (QED) is 0.479. The fraction of sp³-hybridized carbons (Fsp3) is 0.143. The zero-order valence-electron chi connectivity index (χ0n) is 5.50. The van der Waals surface area contributed by atoms with Gasteiger partial charge in [0.25, 0.3) is 0 Å². The van der Waals surface area contributed by atoms with Gasteiger partial charge in [-0.2, -0.15) is 0 Å². The maximum Gasteiger partial charge on any atom is 0.234 e. The summed E-state index contributed by atoms with van der Waals surface area (Å²) >= 11 is 0. The van der Waals surface area contributed by atoms with Crippen molar-refractivity contribution >= 4 is 11.5 Å². The first-order valence-corrected chi connectivity index (χ1v) is 2.70. The van der Waals surface area contributed by atoms with Gasteiger partial charge in [0.05, 0.1) is 19.8 Å². The SMILES string of the molecule is [C-]#[N+]c1ccn(C)c1[N+]#[C-]. The third-order valence-corrected chi connectivity index (χ3v) is 1.25. The molecule has 1 aromatic rings. The molecule has 1 rings (SSSR count). The normalized spacial score (nSPS) is 8.30. The molecule has 1 heterocycles. The first kappa shape index (κ1) is 6.38. The summed E-state index contributed by atoms with van der Waals surface area (Å²) in [4.78, 5) is 6.38. The van der Waals surface area contributed by atoms with Gasteiger partial charge in [0, 0.05) is 0 Å². The Morgan fingerprint density at radius 2 is 2.10 bits per heavy atom. The number of nitrogens with zero attached hydrogens (tertiary/aromatic N) is 3. The molecule has 10 heavy (non-hydrogen) atoms. The number of hydrogen-bond acceptors (Lipinski definition) is 0. The molecule has 0 fully saturated rings. The van der Waals surface area contributed by atoms with E-state index in [1.165, 1.54) is 0 Å². The Morgan fingerprint density at radius 3 is 2.50 bits per heavy atom. The van der Waals surface area contributed by atoms with E-state index in [1.54, 1.807) is 23.9 Å². The predicted molar refractivity (Wildman–Crippen MR) is 37.9 cm³/mol. The van der Waals surface area contributed by atoms with Gasteiger partial charge in [-0.3, -0.25) is 0 Å². The second kappa shape index (κ2) is 2.24. The highest BCUT2D eigenvalue weighted by Gasteiger charge is 2.03. The predicted octanol–water partition coefficient (Wildman–Crippen LogP) is 2.13. The van der Waals surface area contributed by atoms with Crippen molar-refractivity contribution < 1.29 is 0 Å². The minimum atomic E-state index is 0.412. The monoisotopic (exact) mass is 131 g/mol. The summed E-state index contributed by atoms with van der Waals surface area (Å²) in [5, 5.41) is 0. The maximum atomic E-state index is 6.71. The molecule has 0 N–H and O–H groups in total. The lowest BCUT2D eigenvalue weighted by molar-refractivity contribution is 0.948. The van der Waals surface area contributed by atoms with Crippen LogP contribution in [0.3, 0.4) is 0 Å². The van der Waals surface area contributed by atoms with Crippen LogP contribution >= 0.6 is 0 Å². The molecule has 3 nitrogen and oxygen atoms in total. The molecule has 0 atom stereocenters. The Bertz CT molecular complexity index is 322. The van der Waals surface area contributed by atoms with Crippen LogP contribution in [-0.2, 0) is 7.05 Å². The molecule has 0 amide bonds. The fourth-order valence-corrected chi connectivity index (χ4v) is 0.732. The molecule has 48 valence electrons. The van der Waals surface area contributed by atoms with Gasteiger partial charge in [0.15, 0.2) is 0 Å². The van der Waals surface area contributed by atoms with Crippen LogP contribution in [0.15, 0.2) is 12.3 Å². The molecule has 0 saturated heterocycles. The Hall–Kier alpha value is -1.74. The van der Waals surface area contributed by atoms with E-state index in [9.17, 15) is 0 Å². The molecule has 0 aliphatic rings. The Kier molecular flexibility index (Phi) is 1.43. The minimum Gasteiger partial charge on any atom is -0.375 e. The number of rotatable bonds is 0. The maximum absolute atomic E-state index is 6.71. The van der Waals surface area contributed by atoms with Gasteiger partial charge in [-0.1, -0.05) is 6.57 Å². The fourth-order valence-electron chi connectivity index (χ4n) is 0.732. The van der Waals surface area contributed by atoms with Crippen molar-refractivity contribution in [3.8, 4) is 0 Å². The average Bonchev–Trinajstić information content (AvgIpc) is 2.30. The lowest BCUT2D eigenvalue weighted by atomic mass is 10.5. The first-order valence-electron chi connectivity index (χ1n) is 2.70. The van der Waals surface area contributed by atoms with Gasteiger partial charge in [-0.15, -0.1) is 0 Å². The van der Waals surface area contributed by atoms with E-state index in [2.05, 4.69) is 9.69 Å². The zero-order valence-corrected chi connectivity index (χ0v) is 5.50. The van der Waals surface area contributed by atoms with Gasteiger partial charge < -0.3 is 9.41 Å². The van der Waals surface area contributed by atoms with Gasteiger partial charge in [0.2, 0.25) is 11.5 Å². The van der Waals surface area contributed by atoms with Crippen molar-refractivity contribution in [2.75, 3.05) is 0 Å². The van der Waals surface area contributed by atoms with Gasteiger partial charge >= 0.3 is 0 Å². The van der Waals surface area contributed by atoms with Crippen molar-refractivity contribution in [2.45, 2.75) is 0 Å². The van der Waals surface area contributed by atoms with E-state index >= 15 is 0 Å². The third kappa shape index (κ3) is 0.744. The van der Waals surface area contributed by atoms with Crippen molar-refractivity contribution in [2.24, 2.45) is 7.05 Å². The Labute approximate surface area is 59.2 Å². The van der Waals surface area contributed by atoms with Crippen molar-refractivity contribution in [1.82, 2.24) is 4.57 Å². The Balaban J connectivity index is 3.34. The summed E-state index contributed by atoms with van der Waals surface area (Å²) in [5.41, 5.74) is 0.428. The van der Waals surface area contributed by atoms with E-state index in [0.717, 1.165) is 0 Å². The lowest BCUT2D eigenvalue weighted by Crippen LogP contribution is -1.79. The van der Waals surface area contributed by atoms with Crippen LogP contribution in [-0.4, -0.2) is 4.57 Å². The zero-order chi connectivity index (χ0) is 7.56. The van der Waals surface area contributed by atoms with Crippen LogP contribution in [0.25, 0.3) is 9.69 Å². The summed E-state index contributed by atoms with van der Waals surface area (Å²) < 4.78 is 1.64. The van der Waals surface area contributed by atoms with Gasteiger partial charge in [-0.25, -0.2) is 4.85 Å². The first-order chi connectivity index (χ1) is 4.79. The highest BCUT2D eigenvalue weighted by Crippen LogP contribution is 2.27. The molecule has 0 radical (unpaired) electrons. The Morgan fingerprint density at radius 1 is 1.40 bits per heavy atom. The molecule has 0 saturated carbocycles. The van der Waals surface area contributed by atoms with Crippen LogP contribution < -0.4 is 0 Å². The topological polar surface area (TPSA) is 13.6 Å². The average molecular weight is 131 g/mol. The van der Waals surface area contributed by atoms with Crippen LogP contribution in [0.5, 0.6) is 0 Å². The molecule has 1 aromatic heterocycles. The van der Waals surface area contributed by atoms with Gasteiger partial charge in [0.1, 0.15) is 0 Å². The number of aryl methyl sites for hydroxylation is 1. The van der Waals surface area contributed by atoms with Crippen LogP contribution in [0.2, 0.25) is 0 Å². The molecular formula is C7H5N3. The molecule has 3 heteroatoms. The van der Waals surface area contributed by atoms with E-state index in [1.807, 2.05) is 0 Å². The summed E-state index contributed by atoms with van der Waals surface area (Å²) in [6.07, 6.45) is 1.71. The van der Waals surface area contributed by atoms with Crippen molar-refractivity contribution in [3.05, 3.63) is 35.1 Å². The van der Waals surface area contributed by atoms with E-state index in [4.69, 9.17) is 13.1 Å². The molecule has 0 spiro atoms. The standard InChI is InChI=1S/C7H5N3/c1-8-6-4-5-10(3)7(6)9-2/h4-5H,3H3. The second-order valence-corrected chi connectivity index (χ2v) is 1.86. The smallest absolute Gasteiger partial charge is 0.234 e. The minimum absolute atomic E-state index is 0.412. The summed E-state index contributed by atoms with van der Waals surface area (Å²) in [6.45, 7) is 13.4. The largest absolute Gasteiger partial charge is 0.375 e. The summed E-state index contributed by atoms with van der Waals surface area (Å²) in [6, 6.07) is 1.64. The van der Waals surface area contributed by atoms with Crippen LogP contribution in [0.1, 0.15) is 0 Å². The molecule has 0 aliphatic heterocycles. The molecule has 0 aromatic carbocycles. The highest BCUT2D eigenvalue weighted by atomic mass is 15.0. The third-order valence-electron chi connectivity index (χ3n) is 1.25. The summed E-state index contributed by atoms with van der Waals surface area (Å²) in [5.74, 6) is 0.412. The number of aromatic nitrogens is 1. The van der Waals surface area contributed by atoms with Gasteiger partial charge in [-0.05, 0) is 6.07 Å². The molecule has 0 aliphatic carbocycles. The van der Waals surface area contributed by atoms with Crippen molar-refractivity contribution in [3.63, 3.8) is 0 Å². The van der Waals surface area contributed by atoms with E-state index < -0.39 is 0 Å². The van der Waals surface area contributed by atoms with Crippen LogP contribution in [0, 0.1) is 13.1 Å².